The summed E-state index contributed by atoms with van der Waals surface area (Å²) in [6, 6.07) is 7.18. The maximum Gasteiger partial charge on any atom is 0.352 e. The second kappa shape index (κ2) is 5.24. The number of aromatic nitrogens is 1. The zero-order chi connectivity index (χ0) is 14.9. The number of hydrogen-bond acceptors (Lipinski definition) is 3. The Morgan fingerprint density at radius 3 is 2.55 bits per heavy atom. The number of anilines is 1. The van der Waals surface area contributed by atoms with Gasteiger partial charge in [-0.05, 0) is 24.3 Å². The molecule has 0 radical (unpaired) electrons. The average Bonchev–Trinajstić information content (AvgIpc) is 2.73. The number of nitrogens with zero attached hydrogens (tertiary/aromatic N) is 2. The van der Waals surface area contributed by atoms with Crippen molar-refractivity contribution in [3.63, 3.8) is 0 Å². The van der Waals surface area contributed by atoms with E-state index < -0.39 is 11.9 Å². The first-order valence-corrected chi connectivity index (χ1v) is 6.16. The lowest BCUT2D eigenvalue weighted by Crippen LogP contribution is -2.20. The molecule has 0 fully saturated rings. The Hall–Kier alpha value is -2.50. The molecule has 1 aromatic heterocycles. The Morgan fingerprint density at radius 1 is 1.25 bits per heavy atom. The van der Waals surface area contributed by atoms with Gasteiger partial charge in [-0.15, -0.1) is 0 Å². The van der Waals surface area contributed by atoms with Gasteiger partial charge in [0.05, 0.1) is 6.42 Å². The maximum atomic E-state index is 11.1. The molecule has 20 heavy (non-hydrogen) atoms. The summed E-state index contributed by atoms with van der Waals surface area (Å²) in [5, 5.41) is 18.6. The van der Waals surface area contributed by atoms with Crippen molar-refractivity contribution in [3.05, 3.63) is 30.0 Å². The van der Waals surface area contributed by atoms with Gasteiger partial charge < -0.3 is 19.7 Å². The number of carboxylic acids is 2. The Labute approximate surface area is 115 Å². The van der Waals surface area contributed by atoms with Crippen molar-refractivity contribution < 1.29 is 19.8 Å². The van der Waals surface area contributed by atoms with E-state index in [1.54, 1.807) is 17.7 Å². The molecule has 2 aromatic rings. The Bertz CT molecular complexity index is 675. The zero-order valence-electron chi connectivity index (χ0n) is 11.3. The third-order valence-electron chi connectivity index (χ3n) is 3.35. The minimum absolute atomic E-state index is 0.0592. The van der Waals surface area contributed by atoms with Gasteiger partial charge in [0.2, 0.25) is 0 Å². The van der Waals surface area contributed by atoms with E-state index >= 15 is 0 Å². The maximum absolute atomic E-state index is 11.1. The molecule has 0 spiro atoms. The Kier molecular flexibility index (Phi) is 3.65. The van der Waals surface area contributed by atoms with Crippen LogP contribution in [-0.4, -0.2) is 40.3 Å². The van der Waals surface area contributed by atoms with E-state index in [9.17, 15) is 9.59 Å². The van der Waals surface area contributed by atoms with Crippen molar-refractivity contribution >= 4 is 28.5 Å². The molecular weight excluding hydrogens is 260 g/mol. The van der Waals surface area contributed by atoms with Crippen molar-refractivity contribution in [3.8, 4) is 0 Å². The van der Waals surface area contributed by atoms with Crippen molar-refractivity contribution in [2.24, 2.45) is 7.05 Å². The number of hydrogen-bond donors (Lipinski definition) is 2. The van der Waals surface area contributed by atoms with Gasteiger partial charge in [0.25, 0.3) is 0 Å². The van der Waals surface area contributed by atoms with Crippen LogP contribution in [0.5, 0.6) is 0 Å². The van der Waals surface area contributed by atoms with Crippen LogP contribution in [-0.2, 0) is 11.8 Å². The molecule has 0 unspecified atom stereocenters. The van der Waals surface area contributed by atoms with Gasteiger partial charge >= 0.3 is 11.9 Å². The van der Waals surface area contributed by atoms with Crippen LogP contribution in [0.4, 0.5) is 5.69 Å². The highest BCUT2D eigenvalue weighted by Gasteiger charge is 2.13. The highest BCUT2D eigenvalue weighted by atomic mass is 16.4. The van der Waals surface area contributed by atoms with Crippen molar-refractivity contribution in [1.29, 1.82) is 0 Å². The first-order chi connectivity index (χ1) is 9.40. The van der Waals surface area contributed by atoms with Gasteiger partial charge in [-0.2, -0.15) is 0 Å². The van der Waals surface area contributed by atoms with Gasteiger partial charge in [0.1, 0.15) is 5.69 Å². The minimum Gasteiger partial charge on any atom is -0.481 e. The van der Waals surface area contributed by atoms with E-state index in [4.69, 9.17) is 10.2 Å². The van der Waals surface area contributed by atoms with Crippen LogP contribution in [0.3, 0.4) is 0 Å². The smallest absolute Gasteiger partial charge is 0.352 e. The van der Waals surface area contributed by atoms with Crippen LogP contribution < -0.4 is 4.90 Å². The SMILES string of the molecule is CN(CCC(=O)O)c1ccc2c(c1)cc(C(=O)O)n2C. The topological polar surface area (TPSA) is 82.8 Å². The summed E-state index contributed by atoms with van der Waals surface area (Å²) in [4.78, 5) is 23.5. The lowest BCUT2D eigenvalue weighted by molar-refractivity contribution is -0.136. The fourth-order valence-corrected chi connectivity index (χ4v) is 2.17. The van der Waals surface area contributed by atoms with Crippen molar-refractivity contribution in [2.45, 2.75) is 6.42 Å². The fourth-order valence-electron chi connectivity index (χ4n) is 2.17. The van der Waals surface area contributed by atoms with Crippen molar-refractivity contribution in [1.82, 2.24) is 4.57 Å². The molecule has 0 saturated heterocycles. The quantitative estimate of drug-likeness (QED) is 0.870. The minimum atomic E-state index is -0.968. The molecule has 6 nitrogen and oxygen atoms in total. The van der Waals surface area contributed by atoms with Crippen LogP contribution in [0.2, 0.25) is 0 Å². The normalized spacial score (nSPS) is 10.7. The number of aryl methyl sites for hydroxylation is 1. The molecule has 0 atom stereocenters. The number of fused-ring (bicyclic) bond motifs is 1. The van der Waals surface area contributed by atoms with Gasteiger partial charge in [-0.3, -0.25) is 4.79 Å². The molecule has 6 heteroatoms. The monoisotopic (exact) mass is 276 g/mol. The molecule has 0 amide bonds. The highest BCUT2D eigenvalue weighted by Crippen LogP contribution is 2.24. The van der Waals surface area contributed by atoms with Gasteiger partial charge in [-0.25, -0.2) is 4.79 Å². The van der Waals surface area contributed by atoms with Crippen LogP contribution in [0.25, 0.3) is 10.9 Å². The molecule has 0 bridgehead atoms. The Morgan fingerprint density at radius 2 is 1.95 bits per heavy atom. The first-order valence-electron chi connectivity index (χ1n) is 6.16. The summed E-state index contributed by atoms with van der Waals surface area (Å²) in [7, 11) is 3.52. The molecule has 0 aliphatic heterocycles. The fraction of sp³-hybridized carbons (Fsp3) is 0.286. The molecular formula is C14H16N2O4. The third kappa shape index (κ3) is 2.59. The standard InChI is InChI=1S/C14H16N2O4/c1-15(6-5-13(17)18)10-3-4-11-9(7-10)8-12(14(19)20)16(11)2/h3-4,7-8H,5-6H2,1-2H3,(H,17,18)(H,19,20). The largest absolute Gasteiger partial charge is 0.481 e. The number of aromatic carboxylic acids is 1. The number of aliphatic carboxylic acids is 1. The second-order valence-corrected chi connectivity index (χ2v) is 4.70. The summed E-state index contributed by atoms with van der Waals surface area (Å²) < 4.78 is 1.62. The molecule has 0 aliphatic carbocycles. The van der Waals surface area contributed by atoms with E-state index in [0.29, 0.717) is 6.54 Å². The first kappa shape index (κ1) is 13.9. The van der Waals surface area contributed by atoms with E-state index in [2.05, 4.69) is 0 Å². The number of rotatable bonds is 5. The van der Waals surface area contributed by atoms with Gasteiger partial charge in [0, 0.05) is 37.2 Å². The molecule has 1 aromatic carbocycles. The summed E-state index contributed by atoms with van der Waals surface area (Å²) in [6.07, 6.45) is 0.0592. The lowest BCUT2D eigenvalue weighted by atomic mass is 10.2. The van der Waals surface area contributed by atoms with Gasteiger partial charge in [0.15, 0.2) is 0 Å². The third-order valence-corrected chi connectivity index (χ3v) is 3.35. The zero-order valence-corrected chi connectivity index (χ0v) is 11.3. The second-order valence-electron chi connectivity index (χ2n) is 4.70. The lowest BCUT2D eigenvalue weighted by Gasteiger charge is -2.18. The molecule has 106 valence electrons. The molecule has 2 N–H and O–H groups in total. The molecule has 2 rings (SSSR count). The molecule has 0 saturated carbocycles. The number of benzene rings is 1. The predicted molar refractivity (Wildman–Crippen MR) is 75.4 cm³/mol. The predicted octanol–water partition coefficient (Wildman–Crippen LogP) is 1.79. The summed E-state index contributed by atoms with van der Waals surface area (Å²) in [5.74, 6) is -1.81. The van der Waals surface area contributed by atoms with Crippen LogP contribution >= 0.6 is 0 Å². The van der Waals surface area contributed by atoms with Crippen molar-refractivity contribution in [2.75, 3.05) is 18.5 Å². The van der Waals surface area contributed by atoms with Crippen LogP contribution in [0, 0.1) is 0 Å². The van der Waals surface area contributed by atoms with E-state index in [1.807, 2.05) is 30.1 Å². The number of carbonyl (C=O) groups is 2. The summed E-state index contributed by atoms with van der Waals surface area (Å²) >= 11 is 0. The summed E-state index contributed by atoms with van der Waals surface area (Å²) in [6.45, 7) is 0.402. The van der Waals surface area contributed by atoms with E-state index in [0.717, 1.165) is 16.6 Å². The van der Waals surface area contributed by atoms with E-state index in [-0.39, 0.29) is 12.1 Å². The van der Waals surface area contributed by atoms with E-state index in [1.165, 1.54) is 0 Å². The highest BCUT2D eigenvalue weighted by molar-refractivity contribution is 5.95. The van der Waals surface area contributed by atoms with Gasteiger partial charge in [-0.1, -0.05) is 0 Å². The molecule has 0 aliphatic rings. The Balaban J connectivity index is 2.34. The number of carboxylic acid groups (broad SMARTS) is 2. The summed E-state index contributed by atoms with van der Waals surface area (Å²) in [5.41, 5.74) is 1.92. The average molecular weight is 276 g/mol. The van der Waals surface area contributed by atoms with Crippen LogP contribution in [0.1, 0.15) is 16.9 Å². The van der Waals surface area contributed by atoms with Crippen LogP contribution in [0.15, 0.2) is 24.3 Å². The molecule has 1 heterocycles.